The third-order valence-electron chi connectivity index (χ3n) is 3.08. The summed E-state index contributed by atoms with van der Waals surface area (Å²) >= 11 is 0. The second-order valence-corrected chi connectivity index (χ2v) is 4.66. The number of aryl methyl sites for hydroxylation is 1. The van der Waals surface area contributed by atoms with Crippen molar-refractivity contribution in [2.45, 2.75) is 27.3 Å². The zero-order valence-electron chi connectivity index (χ0n) is 14.0. The highest BCUT2D eigenvalue weighted by Crippen LogP contribution is 2.24. The van der Waals surface area contributed by atoms with E-state index >= 15 is 0 Å². The molecule has 0 radical (unpaired) electrons. The van der Waals surface area contributed by atoms with E-state index in [9.17, 15) is 0 Å². The number of pyridine rings is 1. The molecule has 0 saturated carbocycles. The van der Waals surface area contributed by atoms with Crippen molar-refractivity contribution in [3.63, 3.8) is 0 Å². The van der Waals surface area contributed by atoms with Crippen LogP contribution in [-0.4, -0.2) is 44.9 Å². The minimum Gasteiger partial charge on any atom is -0.496 e. The van der Waals surface area contributed by atoms with Gasteiger partial charge in [0.05, 0.1) is 26.0 Å². The lowest BCUT2D eigenvalue weighted by molar-refractivity contribution is 0.203. The molecule has 126 valence electrons. The van der Waals surface area contributed by atoms with Crippen LogP contribution >= 0.6 is 24.0 Å². The first kappa shape index (κ1) is 20.9. The molecule has 1 rings (SSSR count). The summed E-state index contributed by atoms with van der Waals surface area (Å²) in [6.07, 6.45) is 1.82. The fraction of sp³-hybridized carbons (Fsp3) is 0.600. The molecule has 7 heteroatoms. The lowest BCUT2D eigenvalue weighted by Crippen LogP contribution is -2.38. The average Bonchev–Trinajstić information content (AvgIpc) is 2.47. The Kier molecular flexibility index (Phi) is 10.9. The van der Waals surface area contributed by atoms with Crippen LogP contribution in [0.25, 0.3) is 0 Å². The first-order valence-electron chi connectivity index (χ1n) is 7.14. The van der Waals surface area contributed by atoms with E-state index in [2.05, 4.69) is 20.6 Å². The Hall–Kier alpha value is -1.09. The number of hydrogen-bond acceptors (Lipinski definition) is 4. The largest absolute Gasteiger partial charge is 0.496 e. The topological polar surface area (TPSA) is 67.8 Å². The Morgan fingerprint density at radius 3 is 2.59 bits per heavy atom. The van der Waals surface area contributed by atoms with Crippen molar-refractivity contribution in [3.8, 4) is 5.75 Å². The molecule has 2 N–H and O–H groups in total. The molecule has 1 heterocycles. The molecule has 1 aromatic rings. The van der Waals surface area contributed by atoms with Gasteiger partial charge in [-0.3, -0.25) is 4.98 Å². The Balaban J connectivity index is 0.00000441. The molecule has 0 unspecified atom stereocenters. The summed E-state index contributed by atoms with van der Waals surface area (Å²) in [6.45, 7) is 8.70. The van der Waals surface area contributed by atoms with Gasteiger partial charge in [0.2, 0.25) is 0 Å². The number of halogens is 1. The van der Waals surface area contributed by atoms with E-state index in [1.807, 2.05) is 27.0 Å². The van der Waals surface area contributed by atoms with E-state index < -0.39 is 0 Å². The number of methoxy groups -OCH3 is 2. The lowest BCUT2D eigenvalue weighted by atomic mass is 10.1. The summed E-state index contributed by atoms with van der Waals surface area (Å²) in [7, 11) is 3.36. The standard InChI is InChI=1S/C15H26N4O2.HI/c1-6-16-15(17-7-8-20-4)19-10-13-12(3)14(21-5)11(2)9-18-13;/h9H,6-8,10H2,1-5H3,(H2,16,17,19);1H. The molecule has 22 heavy (non-hydrogen) atoms. The minimum atomic E-state index is 0. The predicted octanol–water partition coefficient (Wildman–Crippen LogP) is 2.03. The number of hydrogen-bond donors (Lipinski definition) is 2. The summed E-state index contributed by atoms with van der Waals surface area (Å²) in [5, 5.41) is 6.40. The van der Waals surface area contributed by atoms with Gasteiger partial charge in [-0.15, -0.1) is 24.0 Å². The van der Waals surface area contributed by atoms with Gasteiger partial charge in [0.25, 0.3) is 0 Å². The quantitative estimate of drug-likeness (QED) is 0.305. The van der Waals surface area contributed by atoms with Crippen LogP contribution in [0.2, 0.25) is 0 Å². The summed E-state index contributed by atoms with van der Waals surface area (Å²) < 4.78 is 10.4. The Morgan fingerprint density at radius 2 is 2.00 bits per heavy atom. The first-order valence-corrected chi connectivity index (χ1v) is 7.14. The molecular weight excluding hydrogens is 395 g/mol. The first-order chi connectivity index (χ1) is 10.1. The van der Waals surface area contributed by atoms with Crippen LogP contribution in [0, 0.1) is 13.8 Å². The van der Waals surface area contributed by atoms with Crippen LogP contribution in [0.1, 0.15) is 23.7 Å². The second kappa shape index (κ2) is 11.5. The molecule has 0 bridgehead atoms. The third kappa shape index (κ3) is 6.35. The molecule has 0 aliphatic carbocycles. The van der Waals surface area contributed by atoms with Gasteiger partial charge >= 0.3 is 0 Å². The van der Waals surface area contributed by atoms with Crippen LogP contribution in [-0.2, 0) is 11.3 Å². The molecule has 1 aromatic heterocycles. The lowest BCUT2D eigenvalue weighted by Gasteiger charge is -2.13. The van der Waals surface area contributed by atoms with Crippen molar-refractivity contribution in [3.05, 3.63) is 23.0 Å². The summed E-state index contributed by atoms with van der Waals surface area (Å²) in [5.41, 5.74) is 2.99. The molecular formula is C15H27IN4O2. The zero-order chi connectivity index (χ0) is 15.7. The third-order valence-corrected chi connectivity index (χ3v) is 3.08. The van der Waals surface area contributed by atoms with Crippen LogP contribution in [0.3, 0.4) is 0 Å². The Bertz CT molecular complexity index is 481. The van der Waals surface area contributed by atoms with E-state index in [1.54, 1.807) is 14.2 Å². The van der Waals surface area contributed by atoms with E-state index in [0.29, 0.717) is 19.7 Å². The molecule has 6 nitrogen and oxygen atoms in total. The fourth-order valence-electron chi connectivity index (χ4n) is 2.00. The molecule has 0 aliphatic rings. The van der Waals surface area contributed by atoms with Gasteiger partial charge in [-0.1, -0.05) is 0 Å². The van der Waals surface area contributed by atoms with Crippen molar-refractivity contribution < 1.29 is 9.47 Å². The minimum absolute atomic E-state index is 0. The van der Waals surface area contributed by atoms with Gasteiger partial charge in [0.15, 0.2) is 5.96 Å². The van der Waals surface area contributed by atoms with E-state index in [0.717, 1.165) is 35.1 Å². The smallest absolute Gasteiger partial charge is 0.191 e. The summed E-state index contributed by atoms with van der Waals surface area (Å²) in [6, 6.07) is 0. The number of ether oxygens (including phenoxy) is 2. The number of aromatic nitrogens is 1. The fourth-order valence-corrected chi connectivity index (χ4v) is 2.00. The maximum absolute atomic E-state index is 5.41. The number of guanidine groups is 1. The van der Waals surface area contributed by atoms with Crippen molar-refractivity contribution in [1.29, 1.82) is 0 Å². The summed E-state index contributed by atoms with van der Waals surface area (Å²) in [5.74, 6) is 1.64. The molecule has 0 amide bonds. The summed E-state index contributed by atoms with van der Waals surface area (Å²) in [4.78, 5) is 8.99. The van der Waals surface area contributed by atoms with Crippen molar-refractivity contribution in [2.24, 2.45) is 4.99 Å². The number of nitrogens with zero attached hydrogens (tertiary/aromatic N) is 2. The SMILES string of the molecule is CCNC(=NCc1ncc(C)c(OC)c1C)NCCOC.I. The normalized spacial score (nSPS) is 10.9. The highest BCUT2D eigenvalue weighted by molar-refractivity contribution is 14.0. The van der Waals surface area contributed by atoms with Gasteiger partial charge in [0.1, 0.15) is 5.75 Å². The van der Waals surface area contributed by atoms with Crippen molar-refractivity contribution in [1.82, 2.24) is 15.6 Å². The maximum atomic E-state index is 5.41. The van der Waals surface area contributed by atoms with E-state index in [4.69, 9.17) is 9.47 Å². The molecule has 0 aromatic carbocycles. The highest BCUT2D eigenvalue weighted by atomic mass is 127. The van der Waals surface area contributed by atoms with Crippen LogP contribution in [0.4, 0.5) is 0 Å². The van der Waals surface area contributed by atoms with Crippen LogP contribution in [0.5, 0.6) is 5.75 Å². The van der Waals surface area contributed by atoms with Crippen molar-refractivity contribution in [2.75, 3.05) is 33.9 Å². The van der Waals surface area contributed by atoms with E-state index in [1.165, 1.54) is 0 Å². The Labute approximate surface area is 150 Å². The van der Waals surface area contributed by atoms with Gasteiger partial charge in [0, 0.05) is 37.5 Å². The number of aliphatic imine (C=N–C) groups is 1. The molecule has 0 atom stereocenters. The van der Waals surface area contributed by atoms with Crippen molar-refractivity contribution >= 4 is 29.9 Å². The zero-order valence-corrected chi connectivity index (χ0v) is 16.4. The van der Waals surface area contributed by atoms with Gasteiger partial charge in [-0.2, -0.15) is 0 Å². The highest BCUT2D eigenvalue weighted by Gasteiger charge is 2.09. The number of rotatable bonds is 7. The monoisotopic (exact) mass is 422 g/mol. The van der Waals surface area contributed by atoms with Crippen LogP contribution in [0.15, 0.2) is 11.2 Å². The van der Waals surface area contributed by atoms with E-state index in [-0.39, 0.29) is 24.0 Å². The van der Waals surface area contributed by atoms with Gasteiger partial charge in [-0.25, -0.2) is 4.99 Å². The van der Waals surface area contributed by atoms with Gasteiger partial charge < -0.3 is 20.1 Å². The second-order valence-electron chi connectivity index (χ2n) is 4.66. The molecule has 0 spiro atoms. The number of nitrogens with one attached hydrogen (secondary N) is 2. The maximum Gasteiger partial charge on any atom is 0.191 e. The molecule has 0 fully saturated rings. The Morgan fingerprint density at radius 1 is 1.27 bits per heavy atom. The van der Waals surface area contributed by atoms with Crippen LogP contribution < -0.4 is 15.4 Å². The average molecular weight is 422 g/mol. The van der Waals surface area contributed by atoms with Gasteiger partial charge in [-0.05, 0) is 20.8 Å². The predicted molar refractivity (Wildman–Crippen MR) is 100 cm³/mol. The molecule has 0 aliphatic heterocycles. The molecule has 0 saturated heterocycles.